The molecule has 3 N–H and O–H groups in total. The molecule has 0 spiro atoms. The largest absolute Gasteiger partial charge is 0.479 e. The predicted molar refractivity (Wildman–Crippen MR) is 297 cm³/mol. The highest BCUT2D eigenvalue weighted by Gasteiger charge is 2.43. The number of esters is 2. The van der Waals surface area contributed by atoms with Crippen LogP contribution in [0.4, 0.5) is 26.2 Å². The van der Waals surface area contributed by atoms with Gasteiger partial charge in [0.25, 0.3) is 5.91 Å². The zero-order valence-corrected chi connectivity index (χ0v) is 47.2. The Morgan fingerprint density at radius 3 is 2.29 bits per heavy atom. The molecule has 21 heteroatoms. The van der Waals surface area contributed by atoms with Gasteiger partial charge in [-0.1, -0.05) is 48.0 Å². The van der Waals surface area contributed by atoms with Crippen molar-refractivity contribution in [1.82, 2.24) is 14.5 Å². The maximum absolute atomic E-state index is 15.4. The van der Waals surface area contributed by atoms with E-state index in [2.05, 4.69) is 16.0 Å². The number of sulfonamides is 1. The standard InChI is InChI=1S/C57H64ClFN6O11S2/c1-55(2,3)75-45(67)30-74-48-47(58)49(77-50(48)53(70)76-56(4,5)6)34-11-9-12-35(28-34)60-36-23-26-64(57(7,8)29-36)78(72,73)31-32-15-17-40(59)41(27-32)61-54(71)63-24-21-33(22-25-63)37-16-18-42-46-38(37)13-10-14-39(46)52(69)65(42)43-19-20-44(66)62-51(43)68/h9-18,27-28,33,36,43,60H,19-26,29-31H2,1-8H3,(H,61,71)(H,62,66,68)/t36-,43?/m0/s1. The van der Waals surface area contributed by atoms with Gasteiger partial charge in [0.15, 0.2) is 17.2 Å². The Morgan fingerprint density at radius 1 is 0.885 bits per heavy atom. The number of carbonyl (C=O) groups is 6. The highest BCUT2D eigenvalue weighted by atomic mass is 35.5. The van der Waals surface area contributed by atoms with E-state index in [1.54, 1.807) is 52.5 Å². The van der Waals surface area contributed by atoms with Crippen LogP contribution in [0, 0.1) is 5.82 Å². The van der Waals surface area contributed by atoms with E-state index in [1.807, 2.05) is 62.4 Å². The van der Waals surface area contributed by atoms with E-state index >= 15 is 4.39 Å². The molecule has 2 atom stereocenters. The van der Waals surface area contributed by atoms with Gasteiger partial charge in [-0.2, -0.15) is 4.31 Å². The normalized spacial score (nSPS) is 19.2. The highest BCUT2D eigenvalue weighted by Crippen LogP contribution is 2.48. The van der Waals surface area contributed by atoms with Crippen molar-refractivity contribution in [2.24, 2.45) is 0 Å². The minimum atomic E-state index is -3.96. The number of thiophene rings is 1. The van der Waals surface area contributed by atoms with Crippen molar-refractivity contribution < 1.29 is 55.8 Å². The van der Waals surface area contributed by atoms with E-state index in [0.29, 0.717) is 66.0 Å². The Balaban J connectivity index is 0.817. The fourth-order valence-corrected chi connectivity index (χ4v) is 14.3. The second-order valence-corrected chi connectivity index (χ2v) is 26.2. The van der Waals surface area contributed by atoms with Crippen molar-refractivity contribution in [2.45, 2.75) is 134 Å². The third-order valence-electron chi connectivity index (χ3n) is 14.2. The van der Waals surface area contributed by atoms with Crippen molar-refractivity contribution in [3.8, 4) is 16.2 Å². The van der Waals surface area contributed by atoms with Gasteiger partial charge in [-0.15, -0.1) is 11.3 Å². The lowest BCUT2D eigenvalue weighted by Gasteiger charge is -2.45. The number of hydrogen-bond acceptors (Lipinski definition) is 13. The topological polar surface area (TPSA) is 210 Å². The number of benzene rings is 4. The van der Waals surface area contributed by atoms with Crippen LogP contribution >= 0.6 is 22.9 Å². The number of carbonyl (C=O) groups excluding carboxylic acids is 6. The second-order valence-electron chi connectivity index (χ2n) is 22.9. The molecule has 0 saturated carbocycles. The molecule has 4 aromatic carbocycles. The maximum Gasteiger partial charge on any atom is 0.352 e. The number of ether oxygens (including phenoxy) is 3. The van der Waals surface area contributed by atoms with Crippen LogP contribution in [-0.2, 0) is 39.6 Å². The smallest absolute Gasteiger partial charge is 0.352 e. The van der Waals surface area contributed by atoms with Gasteiger partial charge in [0.2, 0.25) is 21.8 Å². The van der Waals surface area contributed by atoms with Gasteiger partial charge in [-0.25, -0.2) is 27.2 Å². The van der Waals surface area contributed by atoms with Crippen molar-refractivity contribution in [2.75, 3.05) is 41.8 Å². The number of piperidine rings is 3. The number of imide groups is 1. The number of halogens is 2. The van der Waals surface area contributed by atoms with E-state index in [9.17, 15) is 37.2 Å². The molecule has 5 amide bonds. The molecule has 5 aromatic rings. The molecule has 0 aliphatic carbocycles. The molecule has 78 heavy (non-hydrogen) atoms. The Hall–Kier alpha value is -6.61. The van der Waals surface area contributed by atoms with Crippen LogP contribution in [0.3, 0.4) is 0 Å². The number of likely N-dealkylation sites (tertiary alicyclic amines) is 1. The van der Waals surface area contributed by atoms with Gasteiger partial charge in [-0.3, -0.25) is 24.6 Å². The number of rotatable bonds is 13. The van der Waals surface area contributed by atoms with Crippen LogP contribution in [-0.4, -0.2) is 108 Å². The van der Waals surface area contributed by atoms with Gasteiger partial charge >= 0.3 is 18.0 Å². The molecule has 4 aliphatic heterocycles. The van der Waals surface area contributed by atoms with Crippen molar-refractivity contribution in [1.29, 1.82) is 0 Å². The maximum atomic E-state index is 15.4. The fourth-order valence-electron chi connectivity index (χ4n) is 10.9. The summed E-state index contributed by atoms with van der Waals surface area (Å²) >= 11 is 8.00. The van der Waals surface area contributed by atoms with Crippen LogP contribution in [0.1, 0.15) is 131 Å². The molecule has 17 nitrogen and oxygen atoms in total. The van der Waals surface area contributed by atoms with Crippen LogP contribution < -0.4 is 25.6 Å². The van der Waals surface area contributed by atoms with Crippen molar-refractivity contribution >= 4 is 96.5 Å². The number of amides is 5. The number of hydrogen-bond donors (Lipinski definition) is 3. The third kappa shape index (κ3) is 12.0. The average molecular weight is 1130 g/mol. The van der Waals surface area contributed by atoms with Crippen LogP contribution in [0.2, 0.25) is 5.02 Å². The van der Waals surface area contributed by atoms with Crippen LogP contribution in [0.5, 0.6) is 5.75 Å². The van der Waals surface area contributed by atoms with Gasteiger partial charge < -0.3 is 29.7 Å². The monoisotopic (exact) mass is 1130 g/mol. The lowest BCUT2D eigenvalue weighted by Crippen LogP contribution is -2.55. The highest BCUT2D eigenvalue weighted by molar-refractivity contribution is 7.88. The van der Waals surface area contributed by atoms with Crippen LogP contribution in [0.25, 0.3) is 21.2 Å². The lowest BCUT2D eigenvalue weighted by molar-refractivity contribution is -0.157. The molecule has 5 heterocycles. The predicted octanol–water partition coefficient (Wildman–Crippen LogP) is 10.4. The van der Waals surface area contributed by atoms with Crippen LogP contribution in [0.15, 0.2) is 72.8 Å². The Kier molecular flexibility index (Phi) is 15.5. The SMILES string of the molecule is CC(C)(C)OC(=O)COc1c(C(=O)OC(C)(C)C)sc(-c2cccc(N[C@H]3CCN(S(=O)(=O)Cc4ccc(F)c(NC(=O)N5CCC(c6ccc7c8c(cccc68)C(=O)N7C6CCC(=O)NC6=O)CC5)c4)C(C)(C)C3)c2)c1Cl. The molecule has 3 fully saturated rings. The molecular weight excluding hydrogens is 1060 g/mol. The first kappa shape index (κ1) is 56.1. The summed E-state index contributed by atoms with van der Waals surface area (Å²) in [7, 11) is -3.96. The zero-order valence-electron chi connectivity index (χ0n) is 44.8. The summed E-state index contributed by atoms with van der Waals surface area (Å²) in [6.45, 7) is 14.6. The number of anilines is 3. The minimum Gasteiger partial charge on any atom is -0.479 e. The first-order valence-electron chi connectivity index (χ1n) is 26.0. The molecule has 414 valence electrons. The average Bonchev–Trinajstić information content (AvgIpc) is 3.90. The lowest BCUT2D eigenvalue weighted by atomic mass is 9.85. The van der Waals surface area contributed by atoms with E-state index in [-0.39, 0.29) is 64.5 Å². The van der Waals surface area contributed by atoms with E-state index in [1.165, 1.54) is 21.3 Å². The molecule has 1 aromatic heterocycles. The molecular formula is C57H64ClFN6O11S2. The summed E-state index contributed by atoms with van der Waals surface area (Å²) in [4.78, 5) is 81.8. The minimum absolute atomic E-state index is 0.0112. The van der Waals surface area contributed by atoms with E-state index in [0.717, 1.165) is 39.4 Å². The number of nitrogens with one attached hydrogen (secondary N) is 3. The first-order chi connectivity index (χ1) is 36.7. The van der Waals surface area contributed by atoms with Gasteiger partial charge in [0.05, 0.1) is 22.0 Å². The Labute approximate surface area is 462 Å². The summed E-state index contributed by atoms with van der Waals surface area (Å²) in [6.07, 6.45) is 2.45. The third-order valence-corrected chi connectivity index (χ3v) is 17.9. The molecule has 1 unspecified atom stereocenters. The summed E-state index contributed by atoms with van der Waals surface area (Å²) in [5.74, 6) is -3.53. The molecule has 9 rings (SSSR count). The fraction of sp³-hybridized carbons (Fsp3) is 0.439. The van der Waals surface area contributed by atoms with Crippen molar-refractivity contribution in [3.05, 3.63) is 105 Å². The summed E-state index contributed by atoms with van der Waals surface area (Å²) < 4.78 is 62.2. The molecule has 3 saturated heterocycles. The molecule has 0 radical (unpaired) electrons. The summed E-state index contributed by atoms with van der Waals surface area (Å²) in [6, 6.07) is 19.2. The van der Waals surface area contributed by atoms with Gasteiger partial charge in [0, 0.05) is 54.3 Å². The van der Waals surface area contributed by atoms with E-state index in [4.69, 9.17) is 25.8 Å². The molecule has 0 bridgehead atoms. The molecule has 4 aliphatic rings. The van der Waals surface area contributed by atoms with Crippen molar-refractivity contribution in [3.63, 3.8) is 0 Å². The quantitative estimate of drug-likeness (QED) is 0.0743. The van der Waals surface area contributed by atoms with Gasteiger partial charge in [-0.05, 0) is 152 Å². The second kappa shape index (κ2) is 21.6. The summed E-state index contributed by atoms with van der Waals surface area (Å²) in [5, 5.41) is 10.4. The van der Waals surface area contributed by atoms with E-state index < -0.39 is 74.9 Å². The Morgan fingerprint density at radius 2 is 1.60 bits per heavy atom. The first-order valence-corrected chi connectivity index (χ1v) is 28.8. The Bertz CT molecular complexity index is 3360. The number of urea groups is 1. The summed E-state index contributed by atoms with van der Waals surface area (Å²) in [5.41, 5.74) is 1.29. The zero-order chi connectivity index (χ0) is 56.2. The van der Waals surface area contributed by atoms with Gasteiger partial charge in [0.1, 0.15) is 28.1 Å². The number of nitrogens with zero attached hydrogens (tertiary/aromatic N) is 3.